The maximum atomic E-state index is 12.4. The monoisotopic (exact) mass is 336 g/mol. The van der Waals surface area contributed by atoms with Crippen LogP contribution in [0.2, 0.25) is 0 Å². The van der Waals surface area contributed by atoms with E-state index in [1.165, 1.54) is 19.2 Å². The molecule has 0 bridgehead atoms. The highest BCUT2D eigenvalue weighted by Crippen LogP contribution is 2.19. The molecule has 132 valence electrons. The van der Waals surface area contributed by atoms with Crippen molar-refractivity contribution in [3.05, 3.63) is 24.3 Å². The summed E-state index contributed by atoms with van der Waals surface area (Å²) in [6.45, 7) is 2.93. The van der Waals surface area contributed by atoms with Gasteiger partial charge in [0.1, 0.15) is 18.1 Å². The second-order valence-corrected chi connectivity index (χ2v) is 5.85. The van der Waals surface area contributed by atoms with Gasteiger partial charge in [-0.05, 0) is 44.0 Å². The molecule has 1 aliphatic rings. The Balaban J connectivity index is 1.79. The molecule has 2 amide bonds. The number of piperidine rings is 1. The number of carbonyl (C=O) groups is 2. The summed E-state index contributed by atoms with van der Waals surface area (Å²) in [7, 11) is 1.48. The van der Waals surface area contributed by atoms with Gasteiger partial charge in [0.2, 0.25) is 5.91 Å². The Morgan fingerprint density at radius 2 is 1.92 bits per heavy atom. The van der Waals surface area contributed by atoms with Crippen LogP contribution in [-0.2, 0) is 14.3 Å². The van der Waals surface area contributed by atoms with Crippen LogP contribution >= 0.6 is 0 Å². The molecule has 24 heavy (non-hydrogen) atoms. The lowest BCUT2D eigenvalue weighted by molar-refractivity contribution is -0.139. The standard InChI is InChI=1S/C17H24N2O5/c1-12(24-15-5-3-14(20)4-6-15)17(22)19-9-7-13(8-10-19)18-16(21)11-23-2/h3-6,12-13,20H,7-11H2,1-2H3,(H,18,21). The van der Waals surface area contributed by atoms with Gasteiger partial charge in [0.25, 0.3) is 5.91 Å². The van der Waals surface area contributed by atoms with Crippen molar-refractivity contribution in [3.8, 4) is 11.5 Å². The van der Waals surface area contributed by atoms with E-state index in [4.69, 9.17) is 9.47 Å². The number of carbonyl (C=O) groups excluding carboxylic acids is 2. The van der Waals surface area contributed by atoms with E-state index in [1.54, 1.807) is 24.0 Å². The average Bonchev–Trinajstić information content (AvgIpc) is 2.57. The van der Waals surface area contributed by atoms with Gasteiger partial charge in [0.15, 0.2) is 6.10 Å². The number of ether oxygens (including phenoxy) is 2. The molecule has 0 saturated carbocycles. The summed E-state index contributed by atoms with van der Waals surface area (Å²) in [5.74, 6) is 0.477. The number of phenols is 1. The number of nitrogens with zero attached hydrogens (tertiary/aromatic N) is 1. The Kier molecular flexibility index (Phi) is 6.43. The number of methoxy groups -OCH3 is 1. The third kappa shape index (κ3) is 5.13. The van der Waals surface area contributed by atoms with E-state index in [9.17, 15) is 14.7 Å². The second-order valence-electron chi connectivity index (χ2n) is 5.85. The first-order valence-electron chi connectivity index (χ1n) is 8.02. The summed E-state index contributed by atoms with van der Waals surface area (Å²) < 4.78 is 10.4. The van der Waals surface area contributed by atoms with E-state index >= 15 is 0 Å². The van der Waals surface area contributed by atoms with Crippen LogP contribution in [0.15, 0.2) is 24.3 Å². The van der Waals surface area contributed by atoms with Crippen LogP contribution in [0.4, 0.5) is 0 Å². The van der Waals surface area contributed by atoms with Gasteiger partial charge in [0, 0.05) is 26.2 Å². The number of hydrogen-bond acceptors (Lipinski definition) is 5. The minimum atomic E-state index is -0.603. The summed E-state index contributed by atoms with van der Waals surface area (Å²) >= 11 is 0. The van der Waals surface area contributed by atoms with Crippen molar-refractivity contribution >= 4 is 11.8 Å². The SMILES string of the molecule is COCC(=O)NC1CCN(C(=O)C(C)Oc2ccc(O)cc2)CC1. The number of hydrogen-bond donors (Lipinski definition) is 2. The number of amides is 2. The van der Waals surface area contributed by atoms with Crippen molar-refractivity contribution in [2.24, 2.45) is 0 Å². The molecule has 0 aliphatic carbocycles. The molecule has 1 fully saturated rings. The lowest BCUT2D eigenvalue weighted by atomic mass is 10.0. The quantitative estimate of drug-likeness (QED) is 0.806. The third-order valence-corrected chi connectivity index (χ3v) is 3.94. The second kappa shape index (κ2) is 8.54. The molecular formula is C17H24N2O5. The number of likely N-dealkylation sites (tertiary alicyclic amines) is 1. The fraction of sp³-hybridized carbons (Fsp3) is 0.529. The van der Waals surface area contributed by atoms with Crippen LogP contribution in [0.5, 0.6) is 11.5 Å². The molecule has 0 aromatic heterocycles. The molecule has 1 unspecified atom stereocenters. The zero-order valence-corrected chi connectivity index (χ0v) is 14.0. The molecule has 0 radical (unpaired) electrons. The van der Waals surface area contributed by atoms with E-state index in [-0.39, 0.29) is 30.2 Å². The maximum Gasteiger partial charge on any atom is 0.263 e. The van der Waals surface area contributed by atoms with Crippen LogP contribution < -0.4 is 10.1 Å². The predicted octanol–water partition coefficient (Wildman–Crippen LogP) is 0.913. The number of phenolic OH excluding ortho intramolecular Hbond substituents is 1. The van der Waals surface area contributed by atoms with E-state index in [2.05, 4.69) is 5.32 Å². The Labute approximate surface area is 141 Å². The summed E-state index contributed by atoms with van der Waals surface area (Å²) in [5.41, 5.74) is 0. The molecule has 1 saturated heterocycles. The topological polar surface area (TPSA) is 88.1 Å². The minimum absolute atomic E-state index is 0.0522. The number of aromatic hydroxyl groups is 1. The lowest BCUT2D eigenvalue weighted by Crippen LogP contribution is -2.50. The van der Waals surface area contributed by atoms with Crippen molar-refractivity contribution in [2.45, 2.75) is 31.9 Å². The van der Waals surface area contributed by atoms with Gasteiger partial charge in [-0.1, -0.05) is 0 Å². The summed E-state index contributed by atoms with van der Waals surface area (Å²) in [6, 6.07) is 6.35. The van der Waals surface area contributed by atoms with Crippen LogP contribution in [-0.4, -0.2) is 60.8 Å². The summed E-state index contributed by atoms with van der Waals surface area (Å²) in [4.78, 5) is 25.7. The predicted molar refractivity (Wildman–Crippen MR) is 87.8 cm³/mol. The average molecular weight is 336 g/mol. The van der Waals surface area contributed by atoms with Crippen LogP contribution in [0.1, 0.15) is 19.8 Å². The molecule has 2 N–H and O–H groups in total. The summed E-state index contributed by atoms with van der Waals surface area (Å²) in [5, 5.41) is 12.2. The summed E-state index contributed by atoms with van der Waals surface area (Å²) in [6.07, 6.45) is 0.828. The molecule has 1 aliphatic heterocycles. The Morgan fingerprint density at radius 3 is 2.50 bits per heavy atom. The van der Waals surface area contributed by atoms with Gasteiger partial charge in [0.05, 0.1) is 0 Å². The molecule has 2 rings (SSSR count). The molecular weight excluding hydrogens is 312 g/mol. The van der Waals surface area contributed by atoms with Crippen LogP contribution in [0, 0.1) is 0 Å². The molecule has 1 heterocycles. The third-order valence-electron chi connectivity index (χ3n) is 3.94. The van der Waals surface area contributed by atoms with Gasteiger partial charge in [-0.3, -0.25) is 9.59 Å². The van der Waals surface area contributed by atoms with Gasteiger partial charge in [-0.25, -0.2) is 0 Å². The highest BCUT2D eigenvalue weighted by atomic mass is 16.5. The molecule has 7 heteroatoms. The van der Waals surface area contributed by atoms with Crippen molar-refractivity contribution in [1.29, 1.82) is 0 Å². The number of rotatable bonds is 6. The Hall–Kier alpha value is -2.28. The van der Waals surface area contributed by atoms with Crippen molar-refractivity contribution in [2.75, 3.05) is 26.8 Å². The largest absolute Gasteiger partial charge is 0.508 e. The minimum Gasteiger partial charge on any atom is -0.508 e. The van der Waals surface area contributed by atoms with E-state index in [1.807, 2.05) is 0 Å². The van der Waals surface area contributed by atoms with Crippen molar-refractivity contribution in [1.82, 2.24) is 10.2 Å². The maximum absolute atomic E-state index is 12.4. The van der Waals surface area contributed by atoms with Crippen molar-refractivity contribution < 1.29 is 24.2 Å². The Morgan fingerprint density at radius 1 is 1.29 bits per heavy atom. The van der Waals surface area contributed by atoms with E-state index < -0.39 is 6.10 Å². The van der Waals surface area contributed by atoms with Crippen molar-refractivity contribution in [3.63, 3.8) is 0 Å². The van der Waals surface area contributed by atoms with Gasteiger partial charge < -0.3 is 24.8 Å². The highest BCUT2D eigenvalue weighted by Gasteiger charge is 2.27. The van der Waals surface area contributed by atoms with E-state index in [0.717, 1.165) is 0 Å². The fourth-order valence-electron chi connectivity index (χ4n) is 2.68. The zero-order valence-electron chi connectivity index (χ0n) is 14.0. The number of nitrogens with one attached hydrogen (secondary N) is 1. The Bertz CT molecular complexity index is 553. The lowest BCUT2D eigenvalue weighted by Gasteiger charge is -2.33. The molecule has 1 aromatic carbocycles. The first-order valence-corrected chi connectivity index (χ1v) is 8.02. The fourth-order valence-corrected chi connectivity index (χ4v) is 2.68. The van der Waals surface area contributed by atoms with Gasteiger partial charge in [-0.2, -0.15) is 0 Å². The molecule has 1 atom stereocenters. The molecule has 1 aromatic rings. The van der Waals surface area contributed by atoms with Gasteiger partial charge >= 0.3 is 0 Å². The van der Waals surface area contributed by atoms with E-state index in [0.29, 0.717) is 31.7 Å². The van der Waals surface area contributed by atoms with Crippen LogP contribution in [0.25, 0.3) is 0 Å². The number of benzene rings is 1. The zero-order chi connectivity index (χ0) is 17.5. The highest BCUT2D eigenvalue weighted by molar-refractivity contribution is 5.81. The van der Waals surface area contributed by atoms with Gasteiger partial charge in [-0.15, -0.1) is 0 Å². The molecule has 0 spiro atoms. The van der Waals surface area contributed by atoms with Crippen LogP contribution in [0.3, 0.4) is 0 Å². The normalized spacial score (nSPS) is 16.5. The first-order chi connectivity index (χ1) is 11.5. The smallest absolute Gasteiger partial charge is 0.263 e. The first kappa shape index (κ1) is 18.1. The molecule has 7 nitrogen and oxygen atoms in total.